The Bertz CT molecular complexity index is 636. The molecule has 0 aromatic carbocycles. The van der Waals surface area contributed by atoms with Crippen LogP contribution in [0, 0.1) is 11.3 Å². The van der Waals surface area contributed by atoms with Gasteiger partial charge in [-0.2, -0.15) is 5.26 Å². The van der Waals surface area contributed by atoms with Crippen molar-refractivity contribution < 1.29 is 0 Å². The van der Waals surface area contributed by atoms with Gasteiger partial charge in [0.2, 0.25) is 0 Å². The first-order valence-electron chi connectivity index (χ1n) is 7.37. The Labute approximate surface area is 129 Å². The molecule has 0 bridgehead atoms. The molecule has 3 rings (SSSR count). The van der Waals surface area contributed by atoms with Gasteiger partial charge in [-0.1, -0.05) is 6.07 Å². The largest absolute Gasteiger partial charge is 0.327 e. The lowest BCUT2D eigenvalue weighted by Crippen LogP contribution is -2.43. The van der Waals surface area contributed by atoms with Gasteiger partial charge in [-0.05, 0) is 44.6 Å². The molecule has 1 fully saturated rings. The lowest BCUT2D eigenvalue weighted by atomic mass is 9.95. The molecule has 2 unspecified atom stereocenters. The summed E-state index contributed by atoms with van der Waals surface area (Å²) in [6.45, 7) is 4.16. The number of thiophene rings is 1. The van der Waals surface area contributed by atoms with Crippen LogP contribution in [0.3, 0.4) is 0 Å². The summed E-state index contributed by atoms with van der Waals surface area (Å²) >= 11 is 1.69. The Kier molecular flexibility index (Phi) is 3.83. The topological polar surface area (TPSA) is 53.6 Å². The van der Waals surface area contributed by atoms with Gasteiger partial charge in [0.05, 0.1) is 10.9 Å². The van der Waals surface area contributed by atoms with Crippen molar-refractivity contribution in [3.8, 4) is 16.8 Å². The first kappa shape index (κ1) is 14.3. The van der Waals surface area contributed by atoms with E-state index in [9.17, 15) is 5.26 Å². The molecule has 2 aromatic heterocycles. The van der Waals surface area contributed by atoms with Crippen molar-refractivity contribution in [1.82, 2.24) is 14.9 Å². The lowest BCUT2D eigenvalue weighted by Gasteiger charge is -2.28. The van der Waals surface area contributed by atoms with E-state index in [2.05, 4.69) is 39.3 Å². The molecule has 0 spiro atoms. The summed E-state index contributed by atoms with van der Waals surface area (Å²) in [6, 6.07) is 7.33. The van der Waals surface area contributed by atoms with Crippen LogP contribution in [0.5, 0.6) is 0 Å². The molecule has 4 nitrogen and oxygen atoms in total. The second kappa shape index (κ2) is 5.63. The molecule has 0 amide bonds. The number of hydrogen-bond acceptors (Lipinski definition) is 4. The second-order valence-electron chi connectivity index (χ2n) is 6.05. The van der Waals surface area contributed by atoms with Gasteiger partial charge in [-0.3, -0.25) is 5.32 Å². The van der Waals surface area contributed by atoms with Crippen molar-refractivity contribution in [2.75, 3.05) is 0 Å². The zero-order valence-corrected chi connectivity index (χ0v) is 13.2. The third kappa shape index (κ3) is 3.17. The Morgan fingerprint density at radius 2 is 2.43 bits per heavy atom. The van der Waals surface area contributed by atoms with Gasteiger partial charge in [0.25, 0.3) is 0 Å². The average molecular weight is 300 g/mol. The number of rotatable bonds is 6. The average Bonchev–Trinajstić information content (AvgIpc) is 2.99. The second-order valence-corrected chi connectivity index (χ2v) is 7.00. The first-order chi connectivity index (χ1) is 10.1. The van der Waals surface area contributed by atoms with Gasteiger partial charge < -0.3 is 4.57 Å². The van der Waals surface area contributed by atoms with Crippen LogP contribution in [0.1, 0.15) is 39.2 Å². The minimum Gasteiger partial charge on any atom is -0.327 e. The number of hydrogen-bond donors (Lipinski definition) is 1. The molecule has 110 valence electrons. The third-order valence-corrected chi connectivity index (χ3v) is 4.80. The van der Waals surface area contributed by atoms with Gasteiger partial charge in [0, 0.05) is 24.5 Å². The molecular formula is C16H20N4S. The van der Waals surface area contributed by atoms with Crippen molar-refractivity contribution in [2.45, 2.75) is 50.7 Å². The monoisotopic (exact) mass is 300 g/mol. The van der Waals surface area contributed by atoms with Gasteiger partial charge in [0.1, 0.15) is 11.4 Å². The summed E-state index contributed by atoms with van der Waals surface area (Å²) in [5.41, 5.74) is -0.475. The predicted octanol–water partition coefficient (Wildman–Crippen LogP) is 3.60. The third-order valence-electron chi connectivity index (χ3n) is 3.94. The molecule has 2 atom stereocenters. The van der Waals surface area contributed by atoms with Crippen LogP contribution >= 0.6 is 11.3 Å². The minimum absolute atomic E-state index is 0.223. The van der Waals surface area contributed by atoms with Crippen LogP contribution in [-0.2, 0) is 0 Å². The molecule has 2 heterocycles. The predicted molar refractivity (Wildman–Crippen MR) is 85.0 cm³/mol. The van der Waals surface area contributed by atoms with E-state index < -0.39 is 5.54 Å². The van der Waals surface area contributed by atoms with E-state index in [1.54, 1.807) is 11.3 Å². The highest BCUT2D eigenvalue weighted by molar-refractivity contribution is 7.13. The van der Waals surface area contributed by atoms with Crippen LogP contribution in [0.4, 0.5) is 0 Å². The van der Waals surface area contributed by atoms with Crippen LogP contribution < -0.4 is 5.32 Å². The highest BCUT2D eigenvalue weighted by atomic mass is 32.1. The number of nitrogens with one attached hydrogen (secondary N) is 1. The number of aromatic nitrogens is 2. The maximum atomic E-state index is 9.53. The van der Waals surface area contributed by atoms with E-state index in [-0.39, 0.29) is 6.04 Å². The summed E-state index contributed by atoms with van der Waals surface area (Å²) in [4.78, 5) is 5.65. The summed E-state index contributed by atoms with van der Waals surface area (Å²) in [5.74, 6) is 0.990. The van der Waals surface area contributed by atoms with Gasteiger partial charge in [0.15, 0.2) is 0 Å². The normalized spacial score (nSPS) is 18.9. The van der Waals surface area contributed by atoms with Gasteiger partial charge in [-0.25, -0.2) is 4.98 Å². The summed E-state index contributed by atoms with van der Waals surface area (Å²) in [6.07, 6.45) is 7.00. The summed E-state index contributed by atoms with van der Waals surface area (Å²) in [7, 11) is 0. The molecule has 5 heteroatoms. The quantitative estimate of drug-likeness (QED) is 0.887. The Hall–Kier alpha value is -1.64. The van der Waals surface area contributed by atoms with Crippen molar-refractivity contribution in [1.29, 1.82) is 5.26 Å². The number of imidazole rings is 1. The van der Waals surface area contributed by atoms with Crippen molar-refractivity contribution in [3.63, 3.8) is 0 Å². The van der Waals surface area contributed by atoms with E-state index in [4.69, 9.17) is 0 Å². The molecule has 21 heavy (non-hydrogen) atoms. The van der Waals surface area contributed by atoms with Crippen molar-refractivity contribution in [2.24, 2.45) is 0 Å². The maximum absolute atomic E-state index is 9.53. The molecule has 1 aliphatic rings. The van der Waals surface area contributed by atoms with Crippen LogP contribution in [0.2, 0.25) is 0 Å². The van der Waals surface area contributed by atoms with E-state index in [1.807, 2.05) is 25.4 Å². The minimum atomic E-state index is -0.475. The zero-order valence-electron chi connectivity index (χ0n) is 12.4. The Morgan fingerprint density at radius 1 is 1.62 bits per heavy atom. The van der Waals surface area contributed by atoms with E-state index in [0.717, 1.165) is 12.2 Å². The highest BCUT2D eigenvalue weighted by Gasteiger charge is 2.34. The highest BCUT2D eigenvalue weighted by Crippen LogP contribution is 2.30. The fourth-order valence-corrected chi connectivity index (χ4v) is 3.49. The molecule has 2 aromatic rings. The van der Waals surface area contributed by atoms with Crippen LogP contribution in [-0.4, -0.2) is 21.1 Å². The zero-order chi connectivity index (χ0) is 14.9. The molecule has 1 aliphatic carbocycles. The molecule has 1 N–H and O–H groups in total. The smallest absolute Gasteiger partial charge is 0.150 e. The van der Waals surface area contributed by atoms with Gasteiger partial charge >= 0.3 is 0 Å². The van der Waals surface area contributed by atoms with E-state index in [1.165, 1.54) is 17.7 Å². The molecule has 0 saturated heterocycles. The van der Waals surface area contributed by atoms with Crippen molar-refractivity contribution >= 4 is 11.3 Å². The Balaban J connectivity index is 1.78. The van der Waals surface area contributed by atoms with Crippen LogP contribution in [0.15, 0.2) is 29.9 Å². The van der Waals surface area contributed by atoms with E-state index in [0.29, 0.717) is 6.04 Å². The molecular weight excluding hydrogens is 280 g/mol. The van der Waals surface area contributed by atoms with Crippen LogP contribution in [0.25, 0.3) is 10.7 Å². The van der Waals surface area contributed by atoms with Gasteiger partial charge in [-0.15, -0.1) is 11.3 Å². The SMILES string of the molecule is CC(CC(C)(C#N)NC1CC1)n1ccnc1-c1cccs1. The Morgan fingerprint density at radius 3 is 3.05 bits per heavy atom. The standard InChI is InChI=1S/C16H20N4S/c1-12(10-16(2,11-17)19-13-5-6-13)20-8-7-18-15(20)14-4-3-9-21-14/h3-4,7-9,12-13,19H,5-6,10H2,1-2H3. The van der Waals surface area contributed by atoms with E-state index >= 15 is 0 Å². The summed E-state index contributed by atoms with van der Waals surface area (Å²) < 4.78 is 2.18. The summed E-state index contributed by atoms with van der Waals surface area (Å²) in [5, 5.41) is 15.1. The first-order valence-corrected chi connectivity index (χ1v) is 8.25. The maximum Gasteiger partial charge on any atom is 0.150 e. The van der Waals surface area contributed by atoms with Crippen molar-refractivity contribution in [3.05, 3.63) is 29.9 Å². The number of nitriles is 1. The molecule has 0 aliphatic heterocycles. The lowest BCUT2D eigenvalue weighted by molar-refractivity contribution is 0.347. The fraction of sp³-hybridized carbons (Fsp3) is 0.500. The number of nitrogens with zero attached hydrogens (tertiary/aromatic N) is 3. The molecule has 0 radical (unpaired) electrons. The fourth-order valence-electron chi connectivity index (χ4n) is 2.77. The molecule has 1 saturated carbocycles.